The molecule has 0 aromatic heterocycles. The summed E-state index contributed by atoms with van der Waals surface area (Å²) in [5.41, 5.74) is 4.28. The zero-order valence-electron chi connectivity index (χ0n) is 15.8. The Morgan fingerprint density at radius 2 is 1.88 bits per heavy atom. The Morgan fingerprint density at radius 1 is 1.08 bits per heavy atom. The van der Waals surface area contributed by atoms with E-state index >= 15 is 0 Å². The molecular weight excluding hydrogens is 288 g/mol. The summed E-state index contributed by atoms with van der Waals surface area (Å²) in [5, 5.41) is 0. The summed E-state index contributed by atoms with van der Waals surface area (Å²) in [5.74, 6) is 3.67. The Kier molecular flexibility index (Phi) is 5.98. The third-order valence-corrected chi connectivity index (χ3v) is 6.25. The molecule has 0 aliphatic heterocycles. The summed E-state index contributed by atoms with van der Waals surface area (Å²) in [6, 6.07) is 0. The average molecular weight is 323 g/mol. The second-order valence-electron chi connectivity index (χ2n) is 8.56. The summed E-state index contributed by atoms with van der Waals surface area (Å²) in [6.07, 6.45) is 25.6. The molecule has 1 saturated carbocycles. The minimum atomic E-state index is 0.816. The molecule has 0 heterocycles. The average Bonchev–Trinajstić information content (AvgIpc) is 3.25. The third kappa shape index (κ3) is 4.62. The minimum absolute atomic E-state index is 0.816. The molecule has 0 amide bonds. The SMILES string of the molecule is CC(C/C=C1/C=CC(C2=CC=CC2)=C1)CC1CCC(C(C)C)CC1. The molecule has 3 rings (SSSR count). The zero-order chi connectivity index (χ0) is 16.9. The lowest BCUT2D eigenvalue weighted by Gasteiger charge is -2.32. The van der Waals surface area contributed by atoms with Crippen molar-refractivity contribution in [1.82, 2.24) is 0 Å². The van der Waals surface area contributed by atoms with Gasteiger partial charge in [0.1, 0.15) is 0 Å². The molecule has 0 saturated heterocycles. The topological polar surface area (TPSA) is 0 Å². The van der Waals surface area contributed by atoms with E-state index in [1.54, 1.807) is 0 Å². The molecule has 0 nitrogen and oxygen atoms in total. The lowest BCUT2D eigenvalue weighted by molar-refractivity contribution is 0.202. The predicted octanol–water partition coefficient (Wildman–Crippen LogP) is 7.17. The Hall–Kier alpha value is -1.30. The van der Waals surface area contributed by atoms with Gasteiger partial charge in [-0.05, 0) is 78.6 Å². The maximum atomic E-state index is 2.46. The van der Waals surface area contributed by atoms with Crippen molar-refractivity contribution >= 4 is 0 Å². The molecule has 0 radical (unpaired) electrons. The third-order valence-electron chi connectivity index (χ3n) is 6.25. The normalized spacial score (nSPS) is 29.4. The van der Waals surface area contributed by atoms with Crippen molar-refractivity contribution in [2.75, 3.05) is 0 Å². The number of hydrogen-bond donors (Lipinski definition) is 0. The second-order valence-corrected chi connectivity index (χ2v) is 8.56. The molecule has 0 bridgehead atoms. The molecule has 3 aliphatic rings. The van der Waals surface area contributed by atoms with Crippen molar-refractivity contribution in [3.05, 3.63) is 59.3 Å². The van der Waals surface area contributed by atoms with E-state index in [-0.39, 0.29) is 0 Å². The van der Waals surface area contributed by atoms with Crippen LogP contribution in [0.2, 0.25) is 0 Å². The van der Waals surface area contributed by atoms with Crippen LogP contribution in [0.25, 0.3) is 0 Å². The van der Waals surface area contributed by atoms with Gasteiger partial charge in [-0.2, -0.15) is 0 Å². The highest BCUT2D eigenvalue weighted by Gasteiger charge is 2.24. The molecular formula is C24H34. The lowest BCUT2D eigenvalue weighted by Crippen LogP contribution is -2.19. The van der Waals surface area contributed by atoms with Crippen LogP contribution in [-0.2, 0) is 0 Å². The lowest BCUT2D eigenvalue weighted by atomic mass is 9.74. The highest BCUT2D eigenvalue weighted by Crippen LogP contribution is 2.36. The maximum absolute atomic E-state index is 2.46. The molecule has 0 heteroatoms. The highest BCUT2D eigenvalue weighted by atomic mass is 14.3. The van der Waals surface area contributed by atoms with Crippen LogP contribution < -0.4 is 0 Å². The number of hydrogen-bond acceptors (Lipinski definition) is 0. The summed E-state index contributed by atoms with van der Waals surface area (Å²) < 4.78 is 0. The van der Waals surface area contributed by atoms with Gasteiger partial charge in [0.25, 0.3) is 0 Å². The Morgan fingerprint density at radius 3 is 2.54 bits per heavy atom. The highest BCUT2D eigenvalue weighted by molar-refractivity contribution is 5.56. The van der Waals surface area contributed by atoms with Gasteiger partial charge in [-0.25, -0.2) is 0 Å². The first kappa shape index (κ1) is 17.5. The van der Waals surface area contributed by atoms with E-state index in [9.17, 15) is 0 Å². The van der Waals surface area contributed by atoms with Gasteiger partial charge in [0.2, 0.25) is 0 Å². The van der Waals surface area contributed by atoms with Gasteiger partial charge in [-0.3, -0.25) is 0 Å². The van der Waals surface area contributed by atoms with Crippen molar-refractivity contribution in [3.8, 4) is 0 Å². The molecule has 130 valence electrons. The van der Waals surface area contributed by atoms with Crippen LogP contribution in [0, 0.1) is 23.7 Å². The van der Waals surface area contributed by atoms with Crippen molar-refractivity contribution < 1.29 is 0 Å². The van der Waals surface area contributed by atoms with Crippen LogP contribution >= 0.6 is 0 Å². The van der Waals surface area contributed by atoms with Gasteiger partial charge in [0, 0.05) is 0 Å². The smallest absolute Gasteiger partial charge is 0.00884 e. The van der Waals surface area contributed by atoms with Crippen LogP contribution in [0.5, 0.6) is 0 Å². The fourth-order valence-electron chi connectivity index (χ4n) is 4.54. The molecule has 1 fully saturated rings. The zero-order valence-corrected chi connectivity index (χ0v) is 15.8. The molecule has 0 aromatic carbocycles. The van der Waals surface area contributed by atoms with Crippen molar-refractivity contribution in [1.29, 1.82) is 0 Å². The summed E-state index contributed by atoms with van der Waals surface area (Å²) in [7, 11) is 0. The Bertz CT molecular complexity index is 571. The van der Waals surface area contributed by atoms with E-state index < -0.39 is 0 Å². The first-order chi connectivity index (χ1) is 11.6. The van der Waals surface area contributed by atoms with Gasteiger partial charge in [0.05, 0.1) is 0 Å². The van der Waals surface area contributed by atoms with E-state index in [1.165, 1.54) is 55.2 Å². The van der Waals surface area contributed by atoms with Gasteiger partial charge >= 0.3 is 0 Å². The minimum Gasteiger partial charge on any atom is -0.0801 e. The summed E-state index contributed by atoms with van der Waals surface area (Å²) in [6.45, 7) is 7.24. The van der Waals surface area contributed by atoms with E-state index in [2.05, 4.69) is 63.3 Å². The molecule has 1 unspecified atom stereocenters. The van der Waals surface area contributed by atoms with Gasteiger partial charge in [0.15, 0.2) is 0 Å². The van der Waals surface area contributed by atoms with Gasteiger partial charge < -0.3 is 0 Å². The number of allylic oxidation sites excluding steroid dienone is 10. The molecule has 24 heavy (non-hydrogen) atoms. The fraction of sp³-hybridized carbons (Fsp3) is 0.583. The van der Waals surface area contributed by atoms with Crippen LogP contribution in [-0.4, -0.2) is 0 Å². The standard InChI is InChI=1S/C24H34/c1-18(2)22-13-10-20(11-14-22)16-19(3)8-9-21-12-15-24(17-21)23-6-4-5-7-23/h4-6,9,12,15,17-20,22H,7-8,10-11,13-14,16H2,1-3H3/b21-9-. The molecule has 3 aliphatic carbocycles. The predicted molar refractivity (Wildman–Crippen MR) is 106 cm³/mol. The van der Waals surface area contributed by atoms with Gasteiger partial charge in [-0.15, -0.1) is 0 Å². The van der Waals surface area contributed by atoms with Crippen LogP contribution in [0.4, 0.5) is 0 Å². The first-order valence-electron chi connectivity index (χ1n) is 10.1. The molecule has 0 N–H and O–H groups in total. The van der Waals surface area contributed by atoms with Crippen LogP contribution in [0.3, 0.4) is 0 Å². The van der Waals surface area contributed by atoms with E-state index in [0.717, 1.165) is 30.1 Å². The van der Waals surface area contributed by atoms with Crippen LogP contribution in [0.15, 0.2) is 59.3 Å². The van der Waals surface area contributed by atoms with Crippen LogP contribution in [0.1, 0.15) is 65.7 Å². The quantitative estimate of drug-likeness (QED) is 0.486. The fourth-order valence-corrected chi connectivity index (χ4v) is 4.54. The van der Waals surface area contributed by atoms with E-state index in [1.807, 2.05) is 0 Å². The van der Waals surface area contributed by atoms with Gasteiger partial charge in [-0.1, -0.05) is 70.1 Å². The second kappa shape index (κ2) is 8.19. The van der Waals surface area contributed by atoms with E-state index in [4.69, 9.17) is 0 Å². The monoisotopic (exact) mass is 322 g/mol. The Labute approximate surface area is 149 Å². The largest absolute Gasteiger partial charge is 0.0801 e. The van der Waals surface area contributed by atoms with E-state index in [0.29, 0.717) is 0 Å². The Balaban J connectivity index is 1.43. The summed E-state index contributed by atoms with van der Waals surface area (Å²) >= 11 is 0. The molecule has 0 aromatic rings. The maximum Gasteiger partial charge on any atom is -0.00884 e. The molecule has 0 spiro atoms. The van der Waals surface area contributed by atoms with Crippen molar-refractivity contribution in [2.45, 2.75) is 65.7 Å². The molecule has 1 atom stereocenters. The number of rotatable bonds is 6. The first-order valence-corrected chi connectivity index (χ1v) is 10.1. The van der Waals surface area contributed by atoms with Crippen molar-refractivity contribution in [3.63, 3.8) is 0 Å². The van der Waals surface area contributed by atoms with Crippen molar-refractivity contribution in [2.24, 2.45) is 23.7 Å². The summed E-state index contributed by atoms with van der Waals surface area (Å²) in [4.78, 5) is 0.